The average molecular weight is 218 g/mol. The number of halogens is 1. The van der Waals surface area contributed by atoms with Gasteiger partial charge in [0, 0.05) is 12.1 Å². The highest BCUT2D eigenvalue weighted by molar-refractivity contribution is 5.39. The monoisotopic (exact) mass is 218 g/mol. The Morgan fingerprint density at radius 3 is 2.81 bits per heavy atom. The van der Waals surface area contributed by atoms with Crippen LogP contribution in [0.1, 0.15) is 5.56 Å². The van der Waals surface area contributed by atoms with Crippen molar-refractivity contribution in [2.75, 3.05) is 11.1 Å². The predicted octanol–water partition coefficient (Wildman–Crippen LogP) is 1.81. The molecule has 3 N–H and O–H groups in total. The van der Waals surface area contributed by atoms with Gasteiger partial charge in [-0.3, -0.25) is 4.98 Å². The number of nitrogen functional groups attached to an aromatic ring is 1. The SMILES string of the molecule is Nc1cncc(NCc2ccccc2F)n1. The van der Waals surface area contributed by atoms with Crippen LogP contribution in [0, 0.1) is 5.82 Å². The van der Waals surface area contributed by atoms with E-state index in [1.54, 1.807) is 18.2 Å². The molecule has 1 aromatic carbocycles. The molecular weight excluding hydrogens is 207 g/mol. The molecule has 82 valence electrons. The van der Waals surface area contributed by atoms with Gasteiger partial charge >= 0.3 is 0 Å². The number of hydrogen-bond donors (Lipinski definition) is 2. The number of hydrogen-bond acceptors (Lipinski definition) is 4. The Kier molecular flexibility index (Phi) is 2.95. The normalized spacial score (nSPS) is 10.1. The molecule has 0 radical (unpaired) electrons. The lowest BCUT2D eigenvalue weighted by atomic mass is 10.2. The number of nitrogens with one attached hydrogen (secondary N) is 1. The number of nitrogens with two attached hydrogens (primary N) is 1. The largest absolute Gasteiger partial charge is 0.382 e. The highest BCUT2D eigenvalue weighted by Crippen LogP contribution is 2.09. The first kappa shape index (κ1) is 10.4. The molecular formula is C11H11FN4. The van der Waals surface area contributed by atoms with Crippen molar-refractivity contribution in [3.05, 3.63) is 48.0 Å². The number of benzene rings is 1. The summed E-state index contributed by atoms with van der Waals surface area (Å²) in [7, 11) is 0. The molecule has 2 aromatic rings. The summed E-state index contributed by atoms with van der Waals surface area (Å²) in [4.78, 5) is 7.87. The van der Waals surface area contributed by atoms with Gasteiger partial charge in [-0.15, -0.1) is 0 Å². The minimum Gasteiger partial charge on any atom is -0.382 e. The van der Waals surface area contributed by atoms with Crippen LogP contribution >= 0.6 is 0 Å². The summed E-state index contributed by atoms with van der Waals surface area (Å²) in [5, 5.41) is 2.95. The molecule has 0 bridgehead atoms. The maximum absolute atomic E-state index is 13.3. The van der Waals surface area contributed by atoms with Crippen LogP contribution in [0.4, 0.5) is 16.0 Å². The lowest BCUT2D eigenvalue weighted by Crippen LogP contribution is -2.04. The van der Waals surface area contributed by atoms with Crippen LogP contribution < -0.4 is 11.1 Å². The van der Waals surface area contributed by atoms with E-state index in [2.05, 4.69) is 15.3 Å². The molecule has 4 nitrogen and oxygen atoms in total. The van der Waals surface area contributed by atoms with Gasteiger partial charge in [0.2, 0.25) is 0 Å². The third-order valence-electron chi connectivity index (χ3n) is 2.07. The molecule has 0 aliphatic carbocycles. The standard InChI is InChI=1S/C11H11FN4/c12-9-4-2-1-3-8(9)5-15-11-7-14-6-10(13)16-11/h1-4,6-7H,5H2,(H3,13,15,16). The molecule has 1 aromatic heterocycles. The average Bonchev–Trinajstić information content (AvgIpc) is 2.28. The van der Waals surface area contributed by atoms with E-state index in [1.807, 2.05) is 0 Å². The van der Waals surface area contributed by atoms with Crippen LogP contribution in [0.2, 0.25) is 0 Å². The zero-order valence-electron chi connectivity index (χ0n) is 8.52. The van der Waals surface area contributed by atoms with E-state index < -0.39 is 0 Å². The molecule has 0 atom stereocenters. The first-order chi connectivity index (χ1) is 7.75. The number of rotatable bonds is 3. The minimum atomic E-state index is -0.244. The Hall–Kier alpha value is -2.17. The Bertz CT molecular complexity index is 487. The van der Waals surface area contributed by atoms with Crippen LogP contribution in [-0.2, 0) is 6.54 Å². The molecule has 0 aliphatic rings. The third-order valence-corrected chi connectivity index (χ3v) is 2.07. The van der Waals surface area contributed by atoms with Gasteiger partial charge in [-0.2, -0.15) is 0 Å². The molecule has 0 saturated heterocycles. The second-order valence-corrected chi connectivity index (χ2v) is 3.27. The van der Waals surface area contributed by atoms with Crippen LogP contribution in [-0.4, -0.2) is 9.97 Å². The van der Waals surface area contributed by atoms with Crippen LogP contribution in [0.5, 0.6) is 0 Å². The summed E-state index contributed by atoms with van der Waals surface area (Å²) in [6.45, 7) is 0.352. The number of anilines is 2. The Labute approximate surface area is 92.3 Å². The number of aromatic nitrogens is 2. The summed E-state index contributed by atoms with van der Waals surface area (Å²) in [6.07, 6.45) is 2.99. The molecule has 0 spiro atoms. The van der Waals surface area contributed by atoms with E-state index in [4.69, 9.17) is 5.73 Å². The summed E-state index contributed by atoms with van der Waals surface area (Å²) in [5.74, 6) is 0.619. The lowest BCUT2D eigenvalue weighted by Gasteiger charge is -2.06. The lowest BCUT2D eigenvalue weighted by molar-refractivity contribution is 0.613. The van der Waals surface area contributed by atoms with Crippen molar-refractivity contribution in [2.24, 2.45) is 0 Å². The van der Waals surface area contributed by atoms with Crippen molar-refractivity contribution in [1.29, 1.82) is 0 Å². The fraction of sp³-hybridized carbons (Fsp3) is 0.0909. The van der Waals surface area contributed by atoms with Gasteiger partial charge in [0.1, 0.15) is 17.5 Å². The Balaban J connectivity index is 2.05. The second-order valence-electron chi connectivity index (χ2n) is 3.27. The maximum Gasteiger partial charge on any atom is 0.147 e. The van der Waals surface area contributed by atoms with Gasteiger partial charge < -0.3 is 11.1 Å². The fourth-order valence-electron chi connectivity index (χ4n) is 1.29. The van der Waals surface area contributed by atoms with Gasteiger partial charge in [0.05, 0.1) is 12.4 Å². The smallest absolute Gasteiger partial charge is 0.147 e. The molecule has 5 heteroatoms. The quantitative estimate of drug-likeness (QED) is 0.824. The molecule has 0 aliphatic heterocycles. The maximum atomic E-state index is 13.3. The molecule has 0 amide bonds. The van der Waals surface area contributed by atoms with Gasteiger partial charge in [-0.05, 0) is 6.07 Å². The third kappa shape index (κ3) is 2.44. The molecule has 0 fully saturated rings. The molecule has 1 heterocycles. The van der Waals surface area contributed by atoms with E-state index in [0.717, 1.165) is 0 Å². The van der Waals surface area contributed by atoms with E-state index in [9.17, 15) is 4.39 Å². The van der Waals surface area contributed by atoms with Crippen molar-refractivity contribution in [1.82, 2.24) is 9.97 Å². The van der Waals surface area contributed by atoms with Gasteiger partial charge in [0.25, 0.3) is 0 Å². The van der Waals surface area contributed by atoms with Crippen molar-refractivity contribution in [3.8, 4) is 0 Å². The predicted molar refractivity (Wildman–Crippen MR) is 60.2 cm³/mol. The van der Waals surface area contributed by atoms with E-state index in [-0.39, 0.29) is 5.82 Å². The Morgan fingerprint density at radius 1 is 1.25 bits per heavy atom. The van der Waals surface area contributed by atoms with Crippen molar-refractivity contribution in [3.63, 3.8) is 0 Å². The van der Waals surface area contributed by atoms with Crippen LogP contribution in [0.3, 0.4) is 0 Å². The van der Waals surface area contributed by atoms with Crippen LogP contribution in [0.15, 0.2) is 36.7 Å². The minimum absolute atomic E-state index is 0.244. The second kappa shape index (κ2) is 4.57. The fourth-order valence-corrected chi connectivity index (χ4v) is 1.29. The van der Waals surface area contributed by atoms with Crippen molar-refractivity contribution in [2.45, 2.75) is 6.54 Å². The first-order valence-corrected chi connectivity index (χ1v) is 4.80. The van der Waals surface area contributed by atoms with E-state index in [1.165, 1.54) is 18.5 Å². The topological polar surface area (TPSA) is 63.8 Å². The molecule has 16 heavy (non-hydrogen) atoms. The summed E-state index contributed by atoms with van der Waals surface area (Å²) < 4.78 is 13.3. The Morgan fingerprint density at radius 2 is 2.06 bits per heavy atom. The summed E-state index contributed by atoms with van der Waals surface area (Å²) >= 11 is 0. The van der Waals surface area contributed by atoms with Gasteiger partial charge in [0.15, 0.2) is 0 Å². The van der Waals surface area contributed by atoms with Crippen molar-refractivity contribution < 1.29 is 4.39 Å². The highest BCUT2D eigenvalue weighted by atomic mass is 19.1. The summed E-state index contributed by atoms with van der Waals surface area (Å²) in [5.41, 5.74) is 6.05. The van der Waals surface area contributed by atoms with Gasteiger partial charge in [-0.1, -0.05) is 18.2 Å². The van der Waals surface area contributed by atoms with E-state index in [0.29, 0.717) is 23.7 Å². The molecule has 0 unspecified atom stereocenters. The highest BCUT2D eigenvalue weighted by Gasteiger charge is 2.01. The number of nitrogens with zero attached hydrogens (tertiary/aromatic N) is 2. The van der Waals surface area contributed by atoms with Gasteiger partial charge in [-0.25, -0.2) is 9.37 Å². The molecule has 0 saturated carbocycles. The summed E-state index contributed by atoms with van der Waals surface area (Å²) in [6, 6.07) is 6.56. The van der Waals surface area contributed by atoms with E-state index >= 15 is 0 Å². The van der Waals surface area contributed by atoms with Crippen LogP contribution in [0.25, 0.3) is 0 Å². The van der Waals surface area contributed by atoms with Crippen molar-refractivity contribution >= 4 is 11.6 Å². The molecule has 2 rings (SSSR count). The zero-order valence-corrected chi connectivity index (χ0v) is 8.52. The zero-order chi connectivity index (χ0) is 11.4. The first-order valence-electron chi connectivity index (χ1n) is 4.80.